The Morgan fingerprint density at radius 3 is 2.29 bits per heavy atom. The molecule has 2 aromatic rings. The molecule has 2 aromatic heterocycles. The smallest absolute Gasteiger partial charge is 0.106 e. The number of thiophene rings is 1. The van der Waals surface area contributed by atoms with E-state index >= 15 is 0 Å². The van der Waals surface area contributed by atoms with Gasteiger partial charge in [-0.3, -0.25) is 0 Å². The van der Waals surface area contributed by atoms with Crippen molar-refractivity contribution in [2.45, 2.75) is 26.8 Å². The average Bonchev–Trinajstić information content (AvgIpc) is 2.68. The zero-order valence-corrected chi connectivity index (χ0v) is 13.8. The van der Waals surface area contributed by atoms with Gasteiger partial charge in [0.1, 0.15) is 11.5 Å². The van der Waals surface area contributed by atoms with Crippen LogP contribution in [0.25, 0.3) is 0 Å². The molecule has 0 bridgehead atoms. The maximum Gasteiger partial charge on any atom is 0.106 e. The molecular formula is C12H13Br2NOS. The van der Waals surface area contributed by atoms with Gasteiger partial charge in [-0.15, -0.1) is 11.3 Å². The van der Waals surface area contributed by atoms with Gasteiger partial charge in [0.05, 0.1) is 13.6 Å². The summed E-state index contributed by atoms with van der Waals surface area (Å²) >= 11 is 8.66. The van der Waals surface area contributed by atoms with Gasteiger partial charge in [0.25, 0.3) is 0 Å². The summed E-state index contributed by atoms with van der Waals surface area (Å²) in [6, 6.07) is 1.91. The molecule has 5 heteroatoms. The lowest BCUT2D eigenvalue weighted by Gasteiger charge is -2.11. The van der Waals surface area contributed by atoms with E-state index in [9.17, 15) is 0 Å². The zero-order chi connectivity index (χ0) is 12.7. The van der Waals surface area contributed by atoms with Gasteiger partial charge in [-0.2, -0.15) is 0 Å². The quantitative estimate of drug-likeness (QED) is 0.811. The van der Waals surface area contributed by atoms with Crippen molar-refractivity contribution in [3.63, 3.8) is 0 Å². The molecule has 0 radical (unpaired) electrons. The van der Waals surface area contributed by atoms with E-state index < -0.39 is 0 Å². The number of halogens is 2. The van der Waals surface area contributed by atoms with Gasteiger partial charge in [-0.05, 0) is 69.8 Å². The van der Waals surface area contributed by atoms with E-state index in [4.69, 9.17) is 10.2 Å². The summed E-state index contributed by atoms with van der Waals surface area (Å²) in [7, 11) is 0. The number of furan rings is 1. The third kappa shape index (κ3) is 2.38. The van der Waals surface area contributed by atoms with Crippen molar-refractivity contribution in [3.8, 4) is 0 Å². The minimum atomic E-state index is -0.149. The maximum absolute atomic E-state index is 6.34. The van der Waals surface area contributed by atoms with Gasteiger partial charge in [0.2, 0.25) is 0 Å². The molecule has 0 aliphatic rings. The highest BCUT2D eigenvalue weighted by molar-refractivity contribution is 9.12. The Labute approximate surface area is 121 Å². The third-order valence-electron chi connectivity index (χ3n) is 2.95. The summed E-state index contributed by atoms with van der Waals surface area (Å²) in [5.41, 5.74) is 9.67. The number of hydrogen-bond donors (Lipinski definition) is 1. The first-order valence-corrected chi connectivity index (χ1v) is 7.58. The Bertz CT molecular complexity index is 559. The van der Waals surface area contributed by atoms with Crippen molar-refractivity contribution in [2.75, 3.05) is 0 Å². The molecule has 0 aliphatic heterocycles. The molecule has 1 atom stereocenters. The lowest BCUT2D eigenvalue weighted by molar-refractivity contribution is 0.498. The van der Waals surface area contributed by atoms with E-state index in [2.05, 4.69) is 44.8 Å². The minimum Gasteiger partial charge on any atom is -0.466 e. The molecule has 0 amide bonds. The summed E-state index contributed by atoms with van der Waals surface area (Å²) in [5, 5.41) is 0. The predicted molar refractivity (Wildman–Crippen MR) is 78.7 cm³/mol. The van der Waals surface area contributed by atoms with Gasteiger partial charge in [-0.1, -0.05) is 0 Å². The summed E-state index contributed by atoms with van der Waals surface area (Å²) in [5.74, 6) is 1.85. The average molecular weight is 379 g/mol. The van der Waals surface area contributed by atoms with Crippen LogP contribution >= 0.6 is 43.2 Å². The van der Waals surface area contributed by atoms with Crippen LogP contribution in [0, 0.1) is 20.8 Å². The topological polar surface area (TPSA) is 39.2 Å². The van der Waals surface area contributed by atoms with E-state index in [1.54, 1.807) is 11.3 Å². The molecule has 2 nitrogen and oxygen atoms in total. The molecule has 2 rings (SSSR count). The monoisotopic (exact) mass is 377 g/mol. The predicted octanol–water partition coefficient (Wildman–Crippen LogP) is 4.84. The van der Waals surface area contributed by atoms with Crippen molar-refractivity contribution in [1.82, 2.24) is 0 Å². The molecule has 92 valence electrons. The molecular weight excluding hydrogens is 366 g/mol. The number of aryl methyl sites for hydroxylation is 2. The Kier molecular flexibility index (Phi) is 3.83. The van der Waals surface area contributed by atoms with Gasteiger partial charge in [0.15, 0.2) is 0 Å². The zero-order valence-electron chi connectivity index (χ0n) is 9.80. The SMILES string of the molecule is Cc1oc(C)c(C(N)c2cc(Br)sc2Br)c1C. The highest BCUT2D eigenvalue weighted by atomic mass is 79.9. The van der Waals surface area contributed by atoms with E-state index in [1.807, 2.05) is 13.8 Å². The van der Waals surface area contributed by atoms with Crippen LogP contribution in [0.15, 0.2) is 18.1 Å². The first kappa shape index (κ1) is 13.3. The van der Waals surface area contributed by atoms with Crippen LogP contribution in [-0.4, -0.2) is 0 Å². The largest absolute Gasteiger partial charge is 0.466 e. The van der Waals surface area contributed by atoms with Gasteiger partial charge in [-0.25, -0.2) is 0 Å². The fraction of sp³-hybridized carbons (Fsp3) is 0.333. The first-order valence-electron chi connectivity index (χ1n) is 5.18. The van der Waals surface area contributed by atoms with E-state index in [1.165, 1.54) is 0 Å². The van der Waals surface area contributed by atoms with Crippen molar-refractivity contribution < 1.29 is 4.42 Å². The van der Waals surface area contributed by atoms with E-state index in [-0.39, 0.29) is 6.04 Å². The Hall–Kier alpha value is -0.100. The Balaban J connectivity index is 2.50. The molecule has 0 saturated carbocycles. The van der Waals surface area contributed by atoms with Crippen LogP contribution in [-0.2, 0) is 0 Å². The normalized spacial score (nSPS) is 13.1. The maximum atomic E-state index is 6.34. The summed E-state index contributed by atoms with van der Waals surface area (Å²) < 4.78 is 7.77. The van der Waals surface area contributed by atoms with Crippen LogP contribution in [0.4, 0.5) is 0 Å². The van der Waals surface area contributed by atoms with Gasteiger partial charge >= 0.3 is 0 Å². The minimum absolute atomic E-state index is 0.149. The molecule has 0 fully saturated rings. The van der Waals surface area contributed by atoms with E-state index in [0.29, 0.717) is 0 Å². The van der Waals surface area contributed by atoms with Crippen LogP contribution < -0.4 is 5.73 Å². The van der Waals surface area contributed by atoms with Crippen LogP contribution in [0.5, 0.6) is 0 Å². The highest BCUT2D eigenvalue weighted by Gasteiger charge is 2.22. The van der Waals surface area contributed by atoms with Crippen molar-refractivity contribution in [3.05, 3.63) is 41.9 Å². The Morgan fingerprint density at radius 2 is 1.88 bits per heavy atom. The van der Waals surface area contributed by atoms with Gasteiger partial charge in [0, 0.05) is 5.56 Å². The molecule has 2 N–H and O–H groups in total. The second kappa shape index (κ2) is 4.88. The fourth-order valence-electron chi connectivity index (χ4n) is 1.99. The molecule has 0 spiro atoms. The Morgan fingerprint density at radius 1 is 1.24 bits per heavy atom. The molecule has 17 heavy (non-hydrogen) atoms. The molecule has 0 aliphatic carbocycles. The second-order valence-corrected chi connectivity index (χ2v) is 7.76. The molecule has 1 unspecified atom stereocenters. The summed E-state index contributed by atoms with van der Waals surface area (Å²) in [6.07, 6.45) is 0. The van der Waals surface area contributed by atoms with Crippen molar-refractivity contribution >= 4 is 43.2 Å². The summed E-state index contributed by atoms with van der Waals surface area (Å²) in [4.78, 5) is 0. The van der Waals surface area contributed by atoms with Crippen molar-refractivity contribution in [2.24, 2.45) is 5.73 Å². The number of hydrogen-bond acceptors (Lipinski definition) is 3. The van der Waals surface area contributed by atoms with Crippen LogP contribution in [0.2, 0.25) is 0 Å². The fourth-order valence-corrected chi connectivity index (χ4v) is 4.92. The van der Waals surface area contributed by atoms with Gasteiger partial charge < -0.3 is 10.2 Å². The standard InChI is InChI=1S/C12H13Br2NOS/c1-5-6(2)16-7(3)10(5)11(15)8-4-9(13)17-12(8)14/h4,11H,15H2,1-3H3. The third-order valence-corrected chi connectivity index (χ3v) is 5.33. The van der Waals surface area contributed by atoms with Crippen molar-refractivity contribution in [1.29, 1.82) is 0 Å². The van der Waals surface area contributed by atoms with Crippen LogP contribution in [0.3, 0.4) is 0 Å². The van der Waals surface area contributed by atoms with E-state index in [0.717, 1.165) is 35.8 Å². The molecule has 2 heterocycles. The second-order valence-electron chi connectivity index (χ2n) is 4.01. The number of rotatable bonds is 2. The highest BCUT2D eigenvalue weighted by Crippen LogP contribution is 2.39. The summed E-state index contributed by atoms with van der Waals surface area (Å²) in [6.45, 7) is 5.98. The molecule has 0 aromatic carbocycles. The lowest BCUT2D eigenvalue weighted by atomic mass is 9.98. The van der Waals surface area contributed by atoms with Crippen LogP contribution in [0.1, 0.15) is 34.3 Å². The lowest BCUT2D eigenvalue weighted by Crippen LogP contribution is -2.13. The first-order chi connectivity index (χ1) is 7.91. The number of nitrogens with two attached hydrogens (primary N) is 1. The molecule has 0 saturated heterocycles.